The van der Waals surface area contributed by atoms with E-state index in [0.717, 1.165) is 0 Å². The standard InChI is InChI=1S/2C6H6O.Ba/c2*7-6-4-2-1-3-5-6;/h2*1-5,7H;. The summed E-state index contributed by atoms with van der Waals surface area (Å²) in [5, 5.41) is 17.3. The zero-order valence-electron chi connectivity index (χ0n) is 8.38. The summed E-state index contributed by atoms with van der Waals surface area (Å²) in [5.74, 6) is 0.644. The van der Waals surface area contributed by atoms with Crippen molar-refractivity contribution in [3.63, 3.8) is 0 Å². The van der Waals surface area contributed by atoms with Gasteiger partial charge in [0.15, 0.2) is 0 Å². The molecule has 0 spiro atoms. The van der Waals surface area contributed by atoms with E-state index >= 15 is 0 Å². The third-order valence-electron chi connectivity index (χ3n) is 1.51. The molecule has 0 aliphatic heterocycles. The van der Waals surface area contributed by atoms with Crippen LogP contribution >= 0.6 is 0 Å². The molecule has 0 aromatic heterocycles. The van der Waals surface area contributed by atoms with Crippen LogP contribution in [0.1, 0.15) is 0 Å². The van der Waals surface area contributed by atoms with E-state index in [1.807, 2.05) is 12.1 Å². The Kier molecular flexibility index (Phi) is 8.65. The molecule has 0 saturated heterocycles. The largest absolute Gasteiger partial charge is 0.508 e. The Morgan fingerprint density at radius 3 is 0.933 bits per heavy atom. The van der Waals surface area contributed by atoms with Crippen LogP contribution in [0.2, 0.25) is 0 Å². The molecule has 0 unspecified atom stereocenters. The third kappa shape index (κ3) is 7.53. The number of aromatic hydroxyl groups is 2. The molecule has 0 aliphatic carbocycles. The molecule has 3 heteroatoms. The van der Waals surface area contributed by atoms with Gasteiger partial charge in [-0.15, -0.1) is 0 Å². The second kappa shape index (κ2) is 8.88. The van der Waals surface area contributed by atoms with Gasteiger partial charge in [0.2, 0.25) is 0 Å². The number of phenols is 2. The second-order valence-electron chi connectivity index (χ2n) is 2.67. The van der Waals surface area contributed by atoms with Crippen molar-refractivity contribution in [2.75, 3.05) is 0 Å². The molecule has 2 rings (SSSR count). The van der Waals surface area contributed by atoms with Crippen LogP contribution < -0.4 is 0 Å². The fraction of sp³-hybridized carbons (Fsp3) is 0. The summed E-state index contributed by atoms with van der Waals surface area (Å²) in [5.41, 5.74) is 0. The zero-order valence-corrected chi connectivity index (χ0v) is 12.8. The first-order valence-corrected chi connectivity index (χ1v) is 4.27. The van der Waals surface area contributed by atoms with Crippen LogP contribution in [0.5, 0.6) is 11.5 Å². The number of benzene rings is 2. The van der Waals surface area contributed by atoms with Crippen LogP contribution in [0.4, 0.5) is 0 Å². The van der Waals surface area contributed by atoms with Crippen LogP contribution in [0, 0.1) is 0 Å². The Balaban J connectivity index is 0.000000245. The van der Waals surface area contributed by atoms with Gasteiger partial charge in [-0.2, -0.15) is 0 Å². The van der Waals surface area contributed by atoms with Crippen LogP contribution in [-0.4, -0.2) is 59.1 Å². The van der Waals surface area contributed by atoms with Crippen molar-refractivity contribution in [3.8, 4) is 11.5 Å². The topological polar surface area (TPSA) is 40.5 Å². The minimum absolute atomic E-state index is 0. The Morgan fingerprint density at radius 2 is 0.800 bits per heavy atom. The molecule has 74 valence electrons. The molecule has 0 fully saturated rings. The maximum Gasteiger partial charge on any atom is 0.115 e. The van der Waals surface area contributed by atoms with Gasteiger partial charge in [0.05, 0.1) is 0 Å². The molecule has 2 aromatic carbocycles. The fourth-order valence-electron chi connectivity index (χ4n) is 0.856. The molecule has 0 amide bonds. The van der Waals surface area contributed by atoms with Gasteiger partial charge in [-0.05, 0) is 24.3 Å². The smallest absolute Gasteiger partial charge is 0.115 e. The molecule has 15 heavy (non-hydrogen) atoms. The maximum atomic E-state index is 8.63. The van der Waals surface area contributed by atoms with Gasteiger partial charge in [0, 0.05) is 48.9 Å². The first-order chi connectivity index (χ1) is 6.79. The molecule has 2 aromatic rings. The van der Waals surface area contributed by atoms with Crippen LogP contribution in [0.3, 0.4) is 0 Å². The van der Waals surface area contributed by atoms with Gasteiger partial charge in [-0.1, -0.05) is 36.4 Å². The summed E-state index contributed by atoms with van der Waals surface area (Å²) in [6.07, 6.45) is 0. The monoisotopic (exact) mass is 326 g/mol. The molecule has 0 heterocycles. The summed E-state index contributed by atoms with van der Waals surface area (Å²) in [6, 6.07) is 17.4. The normalized spacial score (nSPS) is 8.00. The van der Waals surface area contributed by atoms with E-state index in [9.17, 15) is 0 Å². The average Bonchev–Trinajstić information content (AvgIpc) is 2.21. The molecule has 0 atom stereocenters. The minimum atomic E-state index is 0. The summed E-state index contributed by atoms with van der Waals surface area (Å²) in [6.45, 7) is 0. The van der Waals surface area contributed by atoms with Gasteiger partial charge >= 0.3 is 0 Å². The van der Waals surface area contributed by atoms with E-state index in [-0.39, 0.29) is 48.9 Å². The Hall–Kier alpha value is -0.389. The summed E-state index contributed by atoms with van der Waals surface area (Å²) < 4.78 is 0. The predicted molar refractivity (Wildman–Crippen MR) is 62.0 cm³/mol. The average molecular weight is 326 g/mol. The van der Waals surface area contributed by atoms with E-state index in [2.05, 4.69) is 0 Å². The molecule has 0 bridgehead atoms. The fourth-order valence-corrected chi connectivity index (χ4v) is 0.856. The molecular formula is C12H12BaO2. The molecule has 0 saturated carbocycles. The van der Waals surface area contributed by atoms with Crippen molar-refractivity contribution in [2.24, 2.45) is 0 Å². The summed E-state index contributed by atoms with van der Waals surface area (Å²) in [7, 11) is 0. The van der Waals surface area contributed by atoms with Crippen molar-refractivity contribution in [2.45, 2.75) is 0 Å². The van der Waals surface area contributed by atoms with Crippen molar-refractivity contribution in [1.29, 1.82) is 0 Å². The Morgan fingerprint density at radius 1 is 0.533 bits per heavy atom. The summed E-state index contributed by atoms with van der Waals surface area (Å²) >= 11 is 0. The first-order valence-electron chi connectivity index (χ1n) is 4.27. The van der Waals surface area contributed by atoms with E-state index in [0.29, 0.717) is 11.5 Å². The van der Waals surface area contributed by atoms with E-state index in [1.54, 1.807) is 48.5 Å². The first kappa shape index (κ1) is 14.6. The van der Waals surface area contributed by atoms with Gasteiger partial charge in [-0.25, -0.2) is 0 Å². The maximum absolute atomic E-state index is 8.63. The number of phenolic OH excluding ortho intramolecular Hbond substituents is 2. The van der Waals surface area contributed by atoms with E-state index in [1.165, 1.54) is 0 Å². The SMILES string of the molecule is Oc1ccccc1.Oc1ccccc1.[Ba]. The third-order valence-corrected chi connectivity index (χ3v) is 1.51. The van der Waals surface area contributed by atoms with Gasteiger partial charge in [0.1, 0.15) is 11.5 Å². The van der Waals surface area contributed by atoms with Crippen molar-refractivity contribution in [3.05, 3.63) is 60.7 Å². The number of rotatable bonds is 0. The predicted octanol–water partition coefficient (Wildman–Crippen LogP) is 2.40. The molecular weight excluding hydrogens is 313 g/mol. The van der Waals surface area contributed by atoms with Gasteiger partial charge < -0.3 is 10.2 Å². The second-order valence-corrected chi connectivity index (χ2v) is 2.67. The summed E-state index contributed by atoms with van der Waals surface area (Å²) in [4.78, 5) is 0. The molecule has 0 aliphatic rings. The Labute approximate surface area is 130 Å². The quantitative estimate of drug-likeness (QED) is 0.730. The van der Waals surface area contributed by atoms with Crippen LogP contribution in [0.25, 0.3) is 0 Å². The Bertz CT molecular complexity index is 311. The minimum Gasteiger partial charge on any atom is -0.508 e. The molecule has 2 radical (unpaired) electrons. The van der Waals surface area contributed by atoms with Gasteiger partial charge in [0.25, 0.3) is 0 Å². The number of hydrogen-bond donors (Lipinski definition) is 2. The zero-order chi connectivity index (χ0) is 10.2. The van der Waals surface area contributed by atoms with Gasteiger partial charge in [-0.3, -0.25) is 0 Å². The van der Waals surface area contributed by atoms with E-state index < -0.39 is 0 Å². The van der Waals surface area contributed by atoms with Crippen molar-refractivity contribution >= 4 is 48.9 Å². The molecule has 2 nitrogen and oxygen atoms in total. The van der Waals surface area contributed by atoms with Crippen molar-refractivity contribution in [1.82, 2.24) is 0 Å². The van der Waals surface area contributed by atoms with E-state index in [4.69, 9.17) is 10.2 Å². The molecule has 2 N–H and O–H groups in total. The number of hydrogen-bond acceptors (Lipinski definition) is 2. The number of para-hydroxylation sites is 2. The van der Waals surface area contributed by atoms with Crippen LogP contribution in [0.15, 0.2) is 60.7 Å². The van der Waals surface area contributed by atoms with Crippen LogP contribution in [-0.2, 0) is 0 Å². The van der Waals surface area contributed by atoms with Crippen molar-refractivity contribution < 1.29 is 10.2 Å².